The Morgan fingerprint density at radius 2 is 1.71 bits per heavy atom. The van der Waals surface area contributed by atoms with Crippen molar-refractivity contribution < 1.29 is 13.2 Å². The molecular formula is C25H34N2O3S. The Morgan fingerprint density at radius 3 is 2.35 bits per heavy atom. The van der Waals surface area contributed by atoms with Crippen molar-refractivity contribution in [3.63, 3.8) is 0 Å². The average molecular weight is 443 g/mol. The van der Waals surface area contributed by atoms with Crippen LogP contribution in [0.25, 0.3) is 0 Å². The van der Waals surface area contributed by atoms with Crippen LogP contribution in [-0.2, 0) is 34.1 Å². The molecule has 2 aromatic rings. The van der Waals surface area contributed by atoms with Gasteiger partial charge in [-0.25, -0.2) is 12.7 Å². The van der Waals surface area contributed by atoms with E-state index in [1.807, 2.05) is 48.5 Å². The number of nitrogens with zero attached hydrogens (tertiary/aromatic N) is 1. The summed E-state index contributed by atoms with van der Waals surface area (Å²) in [7, 11) is -3.37. The van der Waals surface area contributed by atoms with Crippen LogP contribution in [0.4, 0.5) is 5.69 Å². The molecule has 1 saturated heterocycles. The number of anilines is 1. The average Bonchev–Trinajstić information content (AvgIpc) is 2.80. The summed E-state index contributed by atoms with van der Waals surface area (Å²) in [5.41, 5.74) is 4.29. The van der Waals surface area contributed by atoms with Crippen LogP contribution in [-0.4, -0.2) is 37.5 Å². The van der Waals surface area contributed by atoms with Crippen LogP contribution < -0.4 is 5.32 Å². The van der Waals surface area contributed by atoms with E-state index in [-0.39, 0.29) is 24.1 Å². The van der Waals surface area contributed by atoms with Gasteiger partial charge in [0.1, 0.15) is 0 Å². The first-order valence-electron chi connectivity index (χ1n) is 11.4. The molecule has 0 bridgehead atoms. The van der Waals surface area contributed by atoms with Crippen LogP contribution in [0.15, 0.2) is 48.5 Å². The Bertz CT molecular complexity index is 951. The lowest BCUT2D eigenvalue weighted by Crippen LogP contribution is -2.44. The summed E-state index contributed by atoms with van der Waals surface area (Å²) in [5.74, 6) is -0.262. The third kappa shape index (κ3) is 6.17. The van der Waals surface area contributed by atoms with E-state index in [4.69, 9.17) is 0 Å². The molecule has 0 spiro atoms. The number of hydrogen-bond donors (Lipinski definition) is 1. The molecule has 1 aliphatic rings. The number of carbonyl (C=O) groups is 1. The quantitative estimate of drug-likeness (QED) is 0.625. The van der Waals surface area contributed by atoms with Gasteiger partial charge in [0.15, 0.2) is 0 Å². The van der Waals surface area contributed by atoms with Gasteiger partial charge < -0.3 is 5.32 Å². The van der Waals surface area contributed by atoms with Crippen molar-refractivity contribution in [2.75, 3.05) is 24.2 Å². The van der Waals surface area contributed by atoms with Crippen molar-refractivity contribution in [1.29, 1.82) is 0 Å². The third-order valence-electron chi connectivity index (χ3n) is 6.11. The second-order valence-electron chi connectivity index (χ2n) is 8.25. The van der Waals surface area contributed by atoms with Crippen molar-refractivity contribution in [3.05, 3.63) is 65.2 Å². The van der Waals surface area contributed by atoms with Gasteiger partial charge in [-0.3, -0.25) is 4.79 Å². The molecule has 0 unspecified atom stereocenters. The maximum absolute atomic E-state index is 13.0. The maximum atomic E-state index is 13.0. The highest BCUT2D eigenvalue weighted by Crippen LogP contribution is 2.26. The number of sulfonamides is 1. The number of aryl methyl sites for hydroxylation is 3. The molecule has 1 N–H and O–H groups in total. The van der Waals surface area contributed by atoms with E-state index in [0.717, 1.165) is 48.1 Å². The summed E-state index contributed by atoms with van der Waals surface area (Å²) in [4.78, 5) is 13.0. The Morgan fingerprint density at radius 1 is 1.03 bits per heavy atom. The van der Waals surface area contributed by atoms with Crippen molar-refractivity contribution in [1.82, 2.24) is 4.31 Å². The number of benzene rings is 2. The SMILES string of the molecule is CCc1cccc(CC)c1NC(=O)[C@H]1CCCN(S(=O)(=O)CCCc2ccccc2)C1. The van der Waals surface area contributed by atoms with Gasteiger partial charge >= 0.3 is 0 Å². The second-order valence-corrected chi connectivity index (χ2v) is 10.3. The summed E-state index contributed by atoms with van der Waals surface area (Å²) in [6.07, 6.45) is 4.45. The molecule has 1 aliphatic heterocycles. The summed E-state index contributed by atoms with van der Waals surface area (Å²) < 4.78 is 27.3. The molecule has 168 valence electrons. The van der Waals surface area contributed by atoms with Crippen LogP contribution in [0.1, 0.15) is 49.8 Å². The molecule has 1 amide bonds. The fraction of sp³-hybridized carbons (Fsp3) is 0.480. The second kappa shape index (κ2) is 10.9. The van der Waals surface area contributed by atoms with Gasteiger partial charge in [-0.1, -0.05) is 62.4 Å². The molecule has 1 fully saturated rings. The Labute approximate surface area is 186 Å². The lowest BCUT2D eigenvalue weighted by molar-refractivity contribution is -0.120. The number of piperidine rings is 1. The van der Waals surface area contributed by atoms with Crippen LogP contribution in [0.3, 0.4) is 0 Å². The molecule has 2 aromatic carbocycles. The molecule has 6 heteroatoms. The highest BCUT2D eigenvalue weighted by atomic mass is 32.2. The van der Waals surface area contributed by atoms with E-state index in [1.54, 1.807) is 0 Å². The molecule has 0 aliphatic carbocycles. The fourth-order valence-electron chi connectivity index (χ4n) is 4.27. The van der Waals surface area contributed by atoms with Gasteiger partial charge in [-0.2, -0.15) is 0 Å². The minimum Gasteiger partial charge on any atom is -0.325 e. The van der Waals surface area contributed by atoms with E-state index in [0.29, 0.717) is 19.4 Å². The van der Waals surface area contributed by atoms with E-state index >= 15 is 0 Å². The summed E-state index contributed by atoms with van der Waals surface area (Å²) in [6.45, 7) is 4.93. The zero-order chi connectivity index (χ0) is 22.3. The molecule has 0 radical (unpaired) electrons. The Balaban J connectivity index is 1.61. The number of rotatable bonds is 9. The zero-order valence-corrected chi connectivity index (χ0v) is 19.5. The van der Waals surface area contributed by atoms with Gasteiger partial charge in [-0.05, 0) is 55.2 Å². The number of hydrogen-bond acceptors (Lipinski definition) is 3. The Kier molecular flexibility index (Phi) is 8.27. The van der Waals surface area contributed by atoms with Gasteiger partial charge in [0, 0.05) is 18.8 Å². The lowest BCUT2D eigenvalue weighted by atomic mass is 9.97. The number of amides is 1. The van der Waals surface area contributed by atoms with E-state index in [1.165, 1.54) is 4.31 Å². The van der Waals surface area contributed by atoms with Crippen LogP contribution in [0.2, 0.25) is 0 Å². The first-order chi connectivity index (χ1) is 14.9. The molecule has 5 nitrogen and oxygen atoms in total. The smallest absolute Gasteiger partial charge is 0.228 e. The van der Waals surface area contributed by atoms with Gasteiger partial charge in [0.05, 0.1) is 11.7 Å². The summed E-state index contributed by atoms with van der Waals surface area (Å²) >= 11 is 0. The first-order valence-corrected chi connectivity index (χ1v) is 13.0. The van der Waals surface area contributed by atoms with E-state index < -0.39 is 10.0 Å². The monoisotopic (exact) mass is 442 g/mol. The molecule has 31 heavy (non-hydrogen) atoms. The maximum Gasteiger partial charge on any atom is 0.228 e. The van der Waals surface area contributed by atoms with Gasteiger partial charge in [-0.15, -0.1) is 0 Å². The molecule has 0 saturated carbocycles. The summed E-state index contributed by atoms with van der Waals surface area (Å²) in [5, 5.41) is 3.13. The van der Waals surface area contributed by atoms with Crippen molar-refractivity contribution in [2.45, 2.75) is 52.4 Å². The third-order valence-corrected chi connectivity index (χ3v) is 8.03. The minimum atomic E-state index is -3.37. The lowest BCUT2D eigenvalue weighted by Gasteiger charge is -2.31. The fourth-order valence-corrected chi connectivity index (χ4v) is 5.85. The predicted molar refractivity (Wildman–Crippen MR) is 127 cm³/mol. The normalized spacial score (nSPS) is 17.4. The number of para-hydroxylation sites is 1. The van der Waals surface area contributed by atoms with E-state index in [2.05, 4.69) is 19.2 Å². The van der Waals surface area contributed by atoms with Gasteiger partial charge in [0.2, 0.25) is 15.9 Å². The predicted octanol–water partition coefficient (Wildman–Crippen LogP) is 4.42. The Hall–Kier alpha value is -2.18. The highest BCUT2D eigenvalue weighted by Gasteiger charge is 2.32. The molecule has 3 rings (SSSR count). The largest absolute Gasteiger partial charge is 0.325 e. The number of nitrogens with one attached hydrogen (secondary N) is 1. The highest BCUT2D eigenvalue weighted by molar-refractivity contribution is 7.89. The first kappa shape index (κ1) is 23.5. The van der Waals surface area contributed by atoms with Crippen LogP contribution in [0, 0.1) is 5.92 Å². The molecule has 1 atom stereocenters. The van der Waals surface area contributed by atoms with Crippen molar-refractivity contribution in [3.8, 4) is 0 Å². The molecular weight excluding hydrogens is 408 g/mol. The molecule has 1 heterocycles. The van der Waals surface area contributed by atoms with Gasteiger partial charge in [0.25, 0.3) is 0 Å². The summed E-state index contributed by atoms with van der Waals surface area (Å²) in [6, 6.07) is 16.0. The van der Waals surface area contributed by atoms with Crippen LogP contribution in [0.5, 0.6) is 0 Å². The minimum absolute atomic E-state index is 0.0696. The van der Waals surface area contributed by atoms with E-state index in [9.17, 15) is 13.2 Å². The molecule has 0 aromatic heterocycles. The standard InChI is InChI=1S/C25H34N2O3S/c1-3-21-14-8-15-22(4-2)24(21)26-25(28)23-16-9-17-27(19-23)31(29,30)18-10-13-20-11-6-5-7-12-20/h5-8,11-12,14-15,23H,3-4,9-10,13,16-19H2,1-2H3,(H,26,28)/t23-/m0/s1. The zero-order valence-electron chi connectivity index (χ0n) is 18.6. The van der Waals surface area contributed by atoms with Crippen molar-refractivity contribution >= 4 is 21.6 Å². The van der Waals surface area contributed by atoms with Crippen LogP contribution >= 0.6 is 0 Å². The number of carbonyl (C=O) groups excluding carboxylic acids is 1. The van der Waals surface area contributed by atoms with Crippen molar-refractivity contribution in [2.24, 2.45) is 5.92 Å². The topological polar surface area (TPSA) is 66.5 Å².